The molecule has 0 radical (unpaired) electrons. The molecule has 1 fully saturated rings. The van der Waals surface area contributed by atoms with Crippen LogP contribution in [0, 0.1) is 0 Å². The van der Waals surface area contributed by atoms with Gasteiger partial charge in [0.25, 0.3) is 0 Å². The molecule has 1 rings (SSSR count). The van der Waals surface area contributed by atoms with Crippen LogP contribution < -0.4 is 5.32 Å². The number of nitrogens with one attached hydrogen (secondary N) is 1. The normalized spacial score (nSPS) is 31.5. The Morgan fingerprint density at radius 2 is 2.08 bits per heavy atom. The highest BCUT2D eigenvalue weighted by atomic mass is 16.6. The first-order chi connectivity index (χ1) is 6.21. The largest absolute Gasteiger partial charge is 0.463 e. The molecule has 0 saturated carbocycles. The molecule has 1 aliphatic heterocycles. The number of rotatable bonds is 5. The highest BCUT2D eigenvalue weighted by Gasteiger charge is 2.61. The highest BCUT2D eigenvalue weighted by Crippen LogP contribution is 2.31. The van der Waals surface area contributed by atoms with E-state index in [-0.39, 0.29) is 12.0 Å². The summed E-state index contributed by atoms with van der Waals surface area (Å²) in [7, 11) is 0. The fourth-order valence-electron chi connectivity index (χ4n) is 1.48. The molecular weight excluding hydrogens is 170 g/mol. The number of carbonyl (C=O) groups is 1. The van der Waals surface area contributed by atoms with Crippen LogP contribution in [-0.4, -0.2) is 30.9 Å². The van der Waals surface area contributed by atoms with Crippen molar-refractivity contribution in [1.29, 1.82) is 0 Å². The molecule has 2 unspecified atom stereocenters. The molecule has 0 aliphatic carbocycles. The van der Waals surface area contributed by atoms with Gasteiger partial charge in [-0.3, -0.25) is 5.32 Å². The Balaban J connectivity index is 2.54. The Kier molecular flexibility index (Phi) is 3.27. The molecule has 1 aliphatic rings. The van der Waals surface area contributed by atoms with Gasteiger partial charge >= 0.3 is 5.97 Å². The lowest BCUT2D eigenvalue weighted by molar-refractivity contribution is -0.161. The van der Waals surface area contributed by atoms with Crippen LogP contribution in [0.4, 0.5) is 0 Å². The van der Waals surface area contributed by atoms with E-state index in [0.29, 0.717) is 13.2 Å². The van der Waals surface area contributed by atoms with Gasteiger partial charge in [0.15, 0.2) is 0 Å². The maximum absolute atomic E-state index is 11.5. The maximum Gasteiger partial charge on any atom is 0.355 e. The van der Waals surface area contributed by atoms with Crippen LogP contribution in [0.15, 0.2) is 0 Å². The van der Waals surface area contributed by atoms with E-state index >= 15 is 0 Å². The van der Waals surface area contributed by atoms with E-state index < -0.39 is 5.72 Å². The summed E-state index contributed by atoms with van der Waals surface area (Å²) >= 11 is 0. The quantitative estimate of drug-likeness (QED) is 0.507. The zero-order chi connectivity index (χ0) is 9.90. The topological polar surface area (TPSA) is 57.5 Å². The summed E-state index contributed by atoms with van der Waals surface area (Å²) in [6, 6.07) is 0.117. The minimum atomic E-state index is -0.834. The molecule has 13 heavy (non-hydrogen) atoms. The second-order valence-corrected chi connectivity index (χ2v) is 2.99. The van der Waals surface area contributed by atoms with Crippen LogP contribution in [0.2, 0.25) is 0 Å². The zero-order valence-corrected chi connectivity index (χ0v) is 8.42. The molecule has 0 aromatic carbocycles. The average Bonchev–Trinajstić information content (AvgIpc) is 2.81. The first kappa shape index (κ1) is 10.5. The second kappa shape index (κ2) is 4.07. The molecule has 0 aromatic rings. The van der Waals surface area contributed by atoms with E-state index in [0.717, 1.165) is 6.42 Å². The molecular formula is C9H17NO3. The maximum atomic E-state index is 11.5. The Bertz CT molecular complexity index is 195. The monoisotopic (exact) mass is 187 g/mol. The van der Waals surface area contributed by atoms with Gasteiger partial charge in [0.1, 0.15) is 0 Å². The van der Waals surface area contributed by atoms with E-state index in [2.05, 4.69) is 5.32 Å². The summed E-state index contributed by atoms with van der Waals surface area (Å²) in [5, 5.41) is 3.02. The molecule has 2 atom stereocenters. The van der Waals surface area contributed by atoms with Gasteiger partial charge in [-0.15, -0.1) is 0 Å². The molecule has 76 valence electrons. The molecule has 0 amide bonds. The summed E-state index contributed by atoms with van der Waals surface area (Å²) in [6.07, 6.45) is 0.874. The van der Waals surface area contributed by atoms with Crippen molar-refractivity contribution in [3.05, 3.63) is 0 Å². The first-order valence-corrected chi connectivity index (χ1v) is 4.80. The van der Waals surface area contributed by atoms with Gasteiger partial charge in [0, 0.05) is 6.61 Å². The minimum absolute atomic E-state index is 0.117. The lowest BCUT2D eigenvalue weighted by Gasteiger charge is -2.12. The summed E-state index contributed by atoms with van der Waals surface area (Å²) in [4.78, 5) is 11.5. The van der Waals surface area contributed by atoms with E-state index in [9.17, 15) is 4.79 Å². The highest BCUT2D eigenvalue weighted by molar-refractivity contribution is 5.84. The van der Waals surface area contributed by atoms with Gasteiger partial charge < -0.3 is 9.47 Å². The van der Waals surface area contributed by atoms with Crippen molar-refractivity contribution >= 4 is 5.97 Å². The smallest absolute Gasteiger partial charge is 0.355 e. The fourth-order valence-corrected chi connectivity index (χ4v) is 1.48. The summed E-state index contributed by atoms with van der Waals surface area (Å²) in [5.74, 6) is -0.288. The number of ether oxygens (including phenoxy) is 2. The van der Waals surface area contributed by atoms with Gasteiger partial charge in [0.2, 0.25) is 5.72 Å². The molecule has 1 heterocycles. The predicted octanol–water partition coefficient (Wildman–Crippen LogP) is 0.664. The Morgan fingerprint density at radius 3 is 2.46 bits per heavy atom. The van der Waals surface area contributed by atoms with Crippen LogP contribution in [0.5, 0.6) is 0 Å². The standard InChI is InChI=1S/C9H17NO3/c1-4-7-9(10-7,13-6-3)8(11)12-5-2/h7,10H,4-6H2,1-3H3. The number of hydrogen-bond donors (Lipinski definition) is 1. The lowest BCUT2D eigenvalue weighted by Crippen LogP contribution is -2.34. The van der Waals surface area contributed by atoms with Crippen molar-refractivity contribution in [2.45, 2.75) is 39.0 Å². The van der Waals surface area contributed by atoms with Crippen LogP contribution in [0.25, 0.3) is 0 Å². The summed E-state index contributed by atoms with van der Waals surface area (Å²) < 4.78 is 10.3. The van der Waals surface area contributed by atoms with Crippen LogP contribution >= 0.6 is 0 Å². The van der Waals surface area contributed by atoms with E-state index in [1.165, 1.54) is 0 Å². The van der Waals surface area contributed by atoms with Crippen molar-refractivity contribution in [3.8, 4) is 0 Å². The van der Waals surface area contributed by atoms with Gasteiger partial charge in [-0.1, -0.05) is 6.92 Å². The van der Waals surface area contributed by atoms with E-state index in [1.54, 1.807) is 6.92 Å². The Hall–Kier alpha value is -0.610. The molecule has 4 nitrogen and oxygen atoms in total. The van der Waals surface area contributed by atoms with Crippen LogP contribution in [0.1, 0.15) is 27.2 Å². The molecule has 0 bridgehead atoms. The van der Waals surface area contributed by atoms with Gasteiger partial charge in [0.05, 0.1) is 12.6 Å². The number of carbonyl (C=O) groups excluding carboxylic acids is 1. The first-order valence-electron chi connectivity index (χ1n) is 4.80. The Morgan fingerprint density at radius 1 is 1.38 bits per heavy atom. The number of hydrogen-bond acceptors (Lipinski definition) is 4. The van der Waals surface area contributed by atoms with Gasteiger partial charge in [-0.2, -0.15) is 0 Å². The zero-order valence-electron chi connectivity index (χ0n) is 8.42. The fraction of sp³-hybridized carbons (Fsp3) is 0.889. The third-order valence-corrected chi connectivity index (χ3v) is 2.15. The average molecular weight is 187 g/mol. The molecule has 1 saturated heterocycles. The molecule has 0 spiro atoms. The van der Waals surface area contributed by atoms with Gasteiger partial charge in [-0.25, -0.2) is 4.79 Å². The third-order valence-electron chi connectivity index (χ3n) is 2.15. The summed E-state index contributed by atoms with van der Waals surface area (Å²) in [6.45, 7) is 6.58. The SMILES string of the molecule is CCOC(=O)C1(OCC)NC1CC. The molecule has 4 heteroatoms. The summed E-state index contributed by atoms with van der Waals surface area (Å²) in [5.41, 5.74) is -0.834. The minimum Gasteiger partial charge on any atom is -0.463 e. The van der Waals surface area contributed by atoms with Crippen molar-refractivity contribution in [3.63, 3.8) is 0 Å². The number of esters is 1. The van der Waals surface area contributed by atoms with Crippen LogP contribution in [0.3, 0.4) is 0 Å². The second-order valence-electron chi connectivity index (χ2n) is 2.99. The van der Waals surface area contributed by atoms with Gasteiger partial charge in [-0.05, 0) is 20.3 Å². The van der Waals surface area contributed by atoms with E-state index in [4.69, 9.17) is 9.47 Å². The van der Waals surface area contributed by atoms with Crippen LogP contribution in [-0.2, 0) is 14.3 Å². The van der Waals surface area contributed by atoms with E-state index in [1.807, 2.05) is 13.8 Å². The molecule has 0 aromatic heterocycles. The lowest BCUT2D eigenvalue weighted by atomic mass is 10.2. The van der Waals surface area contributed by atoms with Crippen molar-refractivity contribution in [1.82, 2.24) is 5.32 Å². The predicted molar refractivity (Wildman–Crippen MR) is 48.2 cm³/mol. The Labute approximate surface area is 78.6 Å². The molecule has 1 N–H and O–H groups in total. The van der Waals surface area contributed by atoms with Crippen molar-refractivity contribution in [2.24, 2.45) is 0 Å². The van der Waals surface area contributed by atoms with Crippen molar-refractivity contribution in [2.75, 3.05) is 13.2 Å². The van der Waals surface area contributed by atoms with Crippen molar-refractivity contribution < 1.29 is 14.3 Å². The third kappa shape index (κ3) is 1.84.